The van der Waals surface area contributed by atoms with E-state index in [0.717, 1.165) is 16.9 Å². The van der Waals surface area contributed by atoms with E-state index >= 15 is 0 Å². The normalized spacial score (nSPS) is 14.8. The third-order valence-corrected chi connectivity index (χ3v) is 6.47. The molecular formula is C23H23N3O4S. The maximum atomic E-state index is 12.4. The van der Waals surface area contributed by atoms with Crippen molar-refractivity contribution in [2.75, 3.05) is 13.1 Å². The van der Waals surface area contributed by atoms with Crippen molar-refractivity contribution in [1.29, 1.82) is 0 Å². The van der Waals surface area contributed by atoms with Crippen molar-refractivity contribution in [3.05, 3.63) is 79.1 Å². The maximum absolute atomic E-state index is 12.4. The number of rotatable bonds is 5. The van der Waals surface area contributed by atoms with Crippen molar-refractivity contribution in [3.8, 4) is 16.9 Å². The van der Waals surface area contributed by atoms with Crippen LogP contribution in [0.25, 0.3) is 11.1 Å². The second kappa shape index (κ2) is 9.18. The molecule has 1 saturated heterocycles. The number of hydrogen-bond donors (Lipinski definition) is 1. The zero-order chi connectivity index (χ0) is 21.7. The number of nitrogens with zero attached hydrogens (tertiary/aromatic N) is 2. The van der Waals surface area contributed by atoms with Gasteiger partial charge in [0.2, 0.25) is 0 Å². The van der Waals surface area contributed by atoms with Crippen LogP contribution in [-0.2, 0) is 10.0 Å². The van der Waals surface area contributed by atoms with Crippen molar-refractivity contribution in [2.24, 2.45) is 0 Å². The fourth-order valence-electron chi connectivity index (χ4n) is 3.49. The summed E-state index contributed by atoms with van der Waals surface area (Å²) in [5.74, 6) is 0.760. The molecule has 3 aromatic rings. The molecule has 1 aromatic heterocycles. The summed E-state index contributed by atoms with van der Waals surface area (Å²) in [6, 6.07) is 19.0. The number of carbonyl (C=O) groups is 1. The van der Waals surface area contributed by atoms with Gasteiger partial charge in [-0.2, -0.15) is 0 Å². The lowest BCUT2D eigenvalue weighted by atomic mass is 10.1. The Morgan fingerprint density at radius 2 is 1.71 bits per heavy atom. The van der Waals surface area contributed by atoms with Gasteiger partial charge in [-0.3, -0.25) is 4.98 Å². The van der Waals surface area contributed by atoms with E-state index in [1.54, 1.807) is 30.6 Å². The van der Waals surface area contributed by atoms with Crippen molar-refractivity contribution >= 4 is 16.1 Å². The second-order valence-electron chi connectivity index (χ2n) is 7.30. The number of carbonyl (C=O) groups excluding carboxylic acids is 1. The quantitative estimate of drug-likeness (QED) is 0.658. The van der Waals surface area contributed by atoms with E-state index in [1.165, 1.54) is 17.0 Å². The summed E-state index contributed by atoms with van der Waals surface area (Å²) in [6.07, 6.45) is 4.74. The standard InChI is InChI=1S/C23H23N3O4S/c27-23(25-31(28,29)22-9-2-1-3-10-22)26-14-11-20(12-15-26)30-21-8-4-6-18(16-21)19-7-5-13-24-17-19/h1-10,13,16-17,20H,11-12,14-15H2,(H,25,27). The average molecular weight is 438 g/mol. The number of nitrogens with one attached hydrogen (secondary N) is 1. The molecule has 2 aromatic carbocycles. The molecule has 2 heterocycles. The van der Waals surface area contributed by atoms with E-state index < -0.39 is 16.1 Å². The molecule has 4 rings (SSSR count). The number of ether oxygens (including phenoxy) is 1. The molecule has 1 aliphatic heterocycles. The Labute approximate surface area is 181 Å². The summed E-state index contributed by atoms with van der Waals surface area (Å²) in [5.41, 5.74) is 2.03. The van der Waals surface area contributed by atoms with Crippen LogP contribution in [0.15, 0.2) is 84.0 Å². The highest BCUT2D eigenvalue weighted by Gasteiger charge is 2.27. The Bertz CT molecular complexity index is 1130. The highest BCUT2D eigenvalue weighted by atomic mass is 32.2. The Balaban J connectivity index is 1.32. The SMILES string of the molecule is O=C(NS(=O)(=O)c1ccccc1)N1CCC(Oc2cccc(-c3cccnc3)c2)CC1. The number of aromatic nitrogens is 1. The van der Waals surface area contributed by atoms with E-state index in [9.17, 15) is 13.2 Å². The number of urea groups is 1. The summed E-state index contributed by atoms with van der Waals surface area (Å²) in [4.78, 5) is 18.2. The number of sulfonamides is 1. The zero-order valence-electron chi connectivity index (χ0n) is 16.8. The van der Waals surface area contributed by atoms with Crippen LogP contribution in [0, 0.1) is 0 Å². The van der Waals surface area contributed by atoms with Crippen LogP contribution in [-0.4, -0.2) is 43.5 Å². The number of benzene rings is 2. The fourth-order valence-corrected chi connectivity index (χ4v) is 4.48. The molecule has 1 aliphatic rings. The molecule has 0 bridgehead atoms. The van der Waals surface area contributed by atoms with Crippen LogP contribution in [0.1, 0.15) is 12.8 Å². The molecule has 7 nitrogen and oxygen atoms in total. The maximum Gasteiger partial charge on any atom is 0.331 e. The Morgan fingerprint density at radius 3 is 2.42 bits per heavy atom. The van der Waals surface area contributed by atoms with Gasteiger partial charge in [-0.25, -0.2) is 17.9 Å². The Morgan fingerprint density at radius 1 is 0.968 bits per heavy atom. The van der Waals surface area contributed by atoms with E-state index in [2.05, 4.69) is 9.71 Å². The lowest BCUT2D eigenvalue weighted by molar-refractivity contribution is 0.113. The number of amides is 2. The molecule has 31 heavy (non-hydrogen) atoms. The average Bonchev–Trinajstić information content (AvgIpc) is 2.81. The first-order chi connectivity index (χ1) is 15.0. The molecule has 0 aliphatic carbocycles. The molecule has 160 valence electrons. The number of pyridine rings is 1. The van der Waals surface area contributed by atoms with E-state index in [4.69, 9.17) is 4.74 Å². The van der Waals surface area contributed by atoms with Crippen LogP contribution in [0.5, 0.6) is 5.75 Å². The molecule has 2 amide bonds. The van der Waals surface area contributed by atoms with Gasteiger partial charge in [-0.05, 0) is 35.9 Å². The minimum absolute atomic E-state index is 0.0427. The molecule has 0 saturated carbocycles. The first kappa shape index (κ1) is 20.9. The Hall–Kier alpha value is -3.39. The molecule has 1 N–H and O–H groups in total. The second-order valence-corrected chi connectivity index (χ2v) is 8.98. The lowest BCUT2D eigenvalue weighted by Gasteiger charge is -2.32. The van der Waals surface area contributed by atoms with Gasteiger partial charge in [-0.1, -0.05) is 36.4 Å². The zero-order valence-corrected chi connectivity index (χ0v) is 17.7. The predicted molar refractivity (Wildman–Crippen MR) is 117 cm³/mol. The van der Waals surface area contributed by atoms with Gasteiger partial charge in [0.05, 0.1) is 4.90 Å². The van der Waals surface area contributed by atoms with E-state index in [1.807, 2.05) is 36.4 Å². The molecule has 1 fully saturated rings. The molecule has 0 spiro atoms. The third kappa shape index (κ3) is 5.21. The van der Waals surface area contributed by atoms with Crippen LogP contribution in [0.2, 0.25) is 0 Å². The van der Waals surface area contributed by atoms with Gasteiger partial charge in [0.15, 0.2) is 0 Å². The first-order valence-electron chi connectivity index (χ1n) is 10.1. The minimum Gasteiger partial charge on any atom is -0.490 e. The topological polar surface area (TPSA) is 88.6 Å². The number of hydrogen-bond acceptors (Lipinski definition) is 5. The summed E-state index contributed by atoms with van der Waals surface area (Å²) >= 11 is 0. The van der Waals surface area contributed by atoms with Gasteiger partial charge in [0.25, 0.3) is 10.0 Å². The lowest BCUT2D eigenvalue weighted by Crippen LogP contribution is -2.48. The fraction of sp³-hybridized carbons (Fsp3) is 0.217. The summed E-state index contributed by atoms with van der Waals surface area (Å²) in [6.45, 7) is 0.839. The van der Waals surface area contributed by atoms with Gasteiger partial charge in [0, 0.05) is 43.9 Å². The Kier molecular flexibility index (Phi) is 6.18. The molecule has 8 heteroatoms. The first-order valence-corrected chi connectivity index (χ1v) is 11.5. The van der Waals surface area contributed by atoms with Gasteiger partial charge in [0.1, 0.15) is 11.9 Å². The highest BCUT2D eigenvalue weighted by molar-refractivity contribution is 7.90. The van der Waals surface area contributed by atoms with Gasteiger partial charge >= 0.3 is 6.03 Å². The van der Waals surface area contributed by atoms with Crippen molar-refractivity contribution < 1.29 is 17.9 Å². The van der Waals surface area contributed by atoms with Crippen LogP contribution < -0.4 is 9.46 Å². The monoisotopic (exact) mass is 437 g/mol. The summed E-state index contributed by atoms with van der Waals surface area (Å²) in [5, 5.41) is 0. The van der Waals surface area contributed by atoms with E-state index in [0.29, 0.717) is 25.9 Å². The molecular weight excluding hydrogens is 414 g/mol. The molecule has 0 unspecified atom stereocenters. The molecule has 0 radical (unpaired) electrons. The van der Waals surface area contributed by atoms with Crippen molar-refractivity contribution in [2.45, 2.75) is 23.8 Å². The van der Waals surface area contributed by atoms with Gasteiger partial charge < -0.3 is 9.64 Å². The molecule has 0 atom stereocenters. The van der Waals surface area contributed by atoms with Crippen molar-refractivity contribution in [3.63, 3.8) is 0 Å². The minimum atomic E-state index is -3.88. The highest BCUT2D eigenvalue weighted by Crippen LogP contribution is 2.25. The number of likely N-dealkylation sites (tertiary alicyclic amines) is 1. The van der Waals surface area contributed by atoms with Crippen LogP contribution >= 0.6 is 0 Å². The van der Waals surface area contributed by atoms with Crippen molar-refractivity contribution in [1.82, 2.24) is 14.6 Å². The number of piperidine rings is 1. The van der Waals surface area contributed by atoms with E-state index in [-0.39, 0.29) is 11.0 Å². The van der Waals surface area contributed by atoms with Crippen LogP contribution in [0.4, 0.5) is 4.79 Å². The summed E-state index contributed by atoms with van der Waals surface area (Å²) < 4.78 is 33.0. The third-order valence-electron chi connectivity index (χ3n) is 5.14. The summed E-state index contributed by atoms with van der Waals surface area (Å²) in [7, 11) is -3.88. The van der Waals surface area contributed by atoms with Gasteiger partial charge in [-0.15, -0.1) is 0 Å². The predicted octanol–water partition coefficient (Wildman–Crippen LogP) is 3.69. The smallest absolute Gasteiger partial charge is 0.331 e. The largest absolute Gasteiger partial charge is 0.490 e. The van der Waals surface area contributed by atoms with Crippen LogP contribution in [0.3, 0.4) is 0 Å².